The number of aryl methyl sites for hydroxylation is 1. The molecule has 0 saturated heterocycles. The summed E-state index contributed by atoms with van der Waals surface area (Å²) >= 11 is 1.79. The van der Waals surface area contributed by atoms with Gasteiger partial charge in [0.05, 0.1) is 11.0 Å². The van der Waals surface area contributed by atoms with Crippen molar-refractivity contribution in [3.63, 3.8) is 0 Å². The van der Waals surface area contributed by atoms with Crippen LogP contribution < -0.4 is 0 Å². The van der Waals surface area contributed by atoms with Crippen LogP contribution in [-0.2, 0) is 0 Å². The molecule has 5 nitrogen and oxygen atoms in total. The van der Waals surface area contributed by atoms with Crippen LogP contribution in [0.4, 0.5) is 0 Å². The maximum absolute atomic E-state index is 6.45. The number of hydrogen-bond donors (Lipinski definition) is 0. The fourth-order valence-electron chi connectivity index (χ4n) is 10.0. The van der Waals surface area contributed by atoms with Crippen molar-refractivity contribution in [2.45, 2.75) is 19.8 Å². The first-order valence-electron chi connectivity index (χ1n) is 22.4. The van der Waals surface area contributed by atoms with Crippen LogP contribution in [0.15, 0.2) is 205 Å². The van der Waals surface area contributed by atoms with Crippen LogP contribution in [0.5, 0.6) is 0 Å². The van der Waals surface area contributed by atoms with Crippen LogP contribution in [0, 0.1) is 6.92 Å². The maximum Gasteiger partial charge on any atom is 0.238 e. The van der Waals surface area contributed by atoms with E-state index in [1.165, 1.54) is 53.6 Å². The molecule has 0 spiro atoms. The Kier molecular flexibility index (Phi) is 8.83. The third kappa shape index (κ3) is 6.17. The van der Waals surface area contributed by atoms with Gasteiger partial charge in [0.15, 0.2) is 11.6 Å². The van der Waals surface area contributed by atoms with Crippen LogP contribution >= 0.6 is 11.3 Å². The molecule has 1 unspecified atom stereocenters. The molecule has 0 radical (unpaired) electrons. The van der Waals surface area contributed by atoms with Crippen molar-refractivity contribution in [2.75, 3.05) is 0 Å². The van der Waals surface area contributed by atoms with Gasteiger partial charge in [-0.3, -0.25) is 4.57 Å². The average molecular weight is 865 g/mol. The van der Waals surface area contributed by atoms with Crippen molar-refractivity contribution in [3.05, 3.63) is 217 Å². The fraction of sp³-hybridized carbons (Fsp3) is 0.0500. The predicted molar refractivity (Wildman–Crippen MR) is 275 cm³/mol. The zero-order valence-electron chi connectivity index (χ0n) is 36.2. The summed E-state index contributed by atoms with van der Waals surface area (Å²) in [7, 11) is 0. The standard InChI is InChI=1S/C60H40N4OS/c1-36-32-53-50(35-49(36)43-21-10-9-20-42(43)37(2)40-29-31-54-51(33-40)45-30-28-41(34-55(45)65-54)38-16-5-3-6-17-38)44-22-11-13-26-52(44)64(53)60-62-58(39-18-7-4-8-19-39)61-59(63-60)48-25-15-24-47-46-23-12-14-27-56(46)66-57(47)48/h3-35,37H,1-2H3. The van der Waals surface area contributed by atoms with E-state index in [4.69, 9.17) is 19.4 Å². The van der Waals surface area contributed by atoms with Crippen LogP contribution in [-0.4, -0.2) is 19.5 Å². The SMILES string of the molecule is Cc1cc2c(cc1-c1ccccc1C(C)c1ccc3oc4cc(-c5ccccc5)ccc4c3c1)c1ccccc1n2-c1nc(-c2ccccc2)nc(-c2cccc3c2sc2ccccc23)n1. The Hall–Kier alpha value is -8.19. The van der Waals surface area contributed by atoms with Gasteiger partial charge < -0.3 is 4.42 Å². The Balaban J connectivity index is 0.949. The average Bonchev–Trinajstić information content (AvgIpc) is 4.05. The lowest BCUT2D eigenvalue weighted by Crippen LogP contribution is -2.06. The molecule has 13 rings (SSSR count). The molecule has 0 amide bonds. The molecule has 4 heterocycles. The van der Waals surface area contributed by atoms with E-state index in [9.17, 15) is 0 Å². The molecule has 0 fully saturated rings. The number of thiophene rings is 1. The van der Waals surface area contributed by atoms with Gasteiger partial charge in [-0.15, -0.1) is 11.3 Å². The van der Waals surface area contributed by atoms with Crippen molar-refractivity contribution in [1.29, 1.82) is 0 Å². The number of nitrogens with zero attached hydrogens (tertiary/aromatic N) is 4. The van der Waals surface area contributed by atoms with Crippen molar-refractivity contribution in [3.8, 4) is 51.0 Å². The number of rotatable bonds is 7. The predicted octanol–water partition coefficient (Wildman–Crippen LogP) is 16.4. The molecular formula is C60H40N4OS. The molecule has 0 saturated carbocycles. The maximum atomic E-state index is 6.45. The zero-order chi connectivity index (χ0) is 43.9. The Labute approximate surface area is 384 Å². The summed E-state index contributed by atoms with van der Waals surface area (Å²) < 4.78 is 11.1. The van der Waals surface area contributed by atoms with Gasteiger partial charge in [-0.25, -0.2) is 4.98 Å². The molecule has 312 valence electrons. The second-order valence-electron chi connectivity index (χ2n) is 17.2. The summed E-state index contributed by atoms with van der Waals surface area (Å²) in [6.45, 7) is 4.54. The Morgan fingerprint density at radius 2 is 1.17 bits per heavy atom. The molecule has 1 atom stereocenters. The molecule has 0 aliphatic carbocycles. The van der Waals surface area contributed by atoms with Crippen molar-refractivity contribution in [1.82, 2.24) is 19.5 Å². The topological polar surface area (TPSA) is 56.7 Å². The first-order chi connectivity index (χ1) is 32.5. The smallest absolute Gasteiger partial charge is 0.238 e. The molecule has 13 aromatic rings. The highest BCUT2D eigenvalue weighted by atomic mass is 32.1. The van der Waals surface area contributed by atoms with Gasteiger partial charge in [-0.05, 0) is 100 Å². The largest absolute Gasteiger partial charge is 0.456 e. The lowest BCUT2D eigenvalue weighted by atomic mass is 9.85. The molecule has 0 bridgehead atoms. The lowest BCUT2D eigenvalue weighted by Gasteiger charge is -2.19. The summed E-state index contributed by atoms with van der Waals surface area (Å²) in [4.78, 5) is 15.8. The van der Waals surface area contributed by atoms with Gasteiger partial charge in [-0.2, -0.15) is 9.97 Å². The highest BCUT2D eigenvalue weighted by molar-refractivity contribution is 7.26. The number of hydrogen-bond acceptors (Lipinski definition) is 5. The third-order valence-corrected chi connectivity index (χ3v) is 14.6. The van der Waals surface area contributed by atoms with E-state index in [1.807, 2.05) is 24.3 Å². The Bertz CT molecular complexity index is 4030. The molecule has 4 aromatic heterocycles. The van der Waals surface area contributed by atoms with E-state index < -0.39 is 0 Å². The van der Waals surface area contributed by atoms with Crippen molar-refractivity contribution < 1.29 is 4.42 Å². The number of aromatic nitrogens is 4. The normalized spacial score (nSPS) is 12.3. The van der Waals surface area contributed by atoms with E-state index in [1.54, 1.807) is 11.3 Å². The Morgan fingerprint density at radius 1 is 0.455 bits per heavy atom. The first-order valence-corrected chi connectivity index (χ1v) is 23.2. The summed E-state index contributed by atoms with van der Waals surface area (Å²) in [6, 6.07) is 71.2. The van der Waals surface area contributed by atoms with E-state index in [0.717, 1.165) is 60.4 Å². The van der Waals surface area contributed by atoms with Gasteiger partial charge in [0, 0.05) is 58.8 Å². The summed E-state index contributed by atoms with van der Waals surface area (Å²) in [6.07, 6.45) is 0. The Morgan fingerprint density at radius 3 is 2.03 bits per heavy atom. The molecule has 0 N–H and O–H groups in total. The van der Waals surface area contributed by atoms with Crippen LogP contribution in [0.2, 0.25) is 0 Å². The molecular weight excluding hydrogens is 825 g/mol. The molecule has 66 heavy (non-hydrogen) atoms. The van der Waals surface area contributed by atoms with Gasteiger partial charge in [-0.1, -0.05) is 153 Å². The third-order valence-electron chi connectivity index (χ3n) is 13.3. The highest BCUT2D eigenvalue weighted by Gasteiger charge is 2.23. The van der Waals surface area contributed by atoms with Gasteiger partial charge in [0.25, 0.3) is 0 Å². The fourth-order valence-corrected chi connectivity index (χ4v) is 11.2. The first kappa shape index (κ1) is 38.3. The van der Waals surface area contributed by atoms with E-state index in [0.29, 0.717) is 17.6 Å². The molecule has 6 heteroatoms. The van der Waals surface area contributed by atoms with E-state index in [-0.39, 0.29) is 5.92 Å². The summed E-state index contributed by atoms with van der Waals surface area (Å²) in [5.74, 6) is 1.98. The number of furan rings is 1. The summed E-state index contributed by atoms with van der Waals surface area (Å²) in [5.41, 5.74) is 14.3. The minimum Gasteiger partial charge on any atom is -0.456 e. The number of benzene rings is 9. The van der Waals surface area contributed by atoms with Crippen LogP contribution in [0.3, 0.4) is 0 Å². The molecule has 0 aliphatic rings. The van der Waals surface area contributed by atoms with Crippen molar-refractivity contribution >= 4 is 75.3 Å². The van der Waals surface area contributed by atoms with E-state index >= 15 is 0 Å². The quantitative estimate of drug-likeness (QED) is 0.160. The van der Waals surface area contributed by atoms with Crippen LogP contribution in [0.25, 0.3) is 115 Å². The minimum atomic E-state index is 0.112. The number of fused-ring (bicyclic) bond motifs is 9. The second-order valence-corrected chi connectivity index (χ2v) is 18.3. The lowest BCUT2D eigenvalue weighted by molar-refractivity contribution is 0.669. The molecule has 9 aromatic carbocycles. The molecule has 0 aliphatic heterocycles. The zero-order valence-corrected chi connectivity index (χ0v) is 37.1. The van der Waals surface area contributed by atoms with Gasteiger partial charge >= 0.3 is 0 Å². The van der Waals surface area contributed by atoms with Gasteiger partial charge in [0.2, 0.25) is 5.95 Å². The monoisotopic (exact) mass is 864 g/mol. The summed E-state index contributed by atoms with van der Waals surface area (Å²) in [5, 5.41) is 7.00. The van der Waals surface area contributed by atoms with Crippen LogP contribution in [0.1, 0.15) is 29.5 Å². The van der Waals surface area contributed by atoms with E-state index in [2.05, 4.69) is 194 Å². The van der Waals surface area contributed by atoms with Crippen molar-refractivity contribution in [2.24, 2.45) is 0 Å². The highest BCUT2D eigenvalue weighted by Crippen LogP contribution is 2.43. The second kappa shape index (κ2) is 15.2. The van der Waals surface area contributed by atoms with Gasteiger partial charge in [0.1, 0.15) is 11.2 Å². The minimum absolute atomic E-state index is 0.112. The number of para-hydroxylation sites is 1.